The van der Waals surface area contributed by atoms with Gasteiger partial charge in [0.2, 0.25) is 0 Å². The first-order valence-corrected chi connectivity index (χ1v) is 6.82. The third-order valence-corrected chi connectivity index (χ3v) is 2.90. The van der Waals surface area contributed by atoms with Crippen LogP contribution < -0.4 is 10.1 Å². The molecule has 0 amide bonds. The van der Waals surface area contributed by atoms with Crippen LogP contribution in [-0.4, -0.2) is 23.0 Å². The van der Waals surface area contributed by atoms with E-state index in [4.69, 9.17) is 4.74 Å². The van der Waals surface area contributed by atoms with E-state index in [9.17, 15) is 0 Å². The molecule has 0 saturated heterocycles. The van der Waals surface area contributed by atoms with E-state index in [-0.39, 0.29) is 0 Å². The molecule has 96 valence electrons. The summed E-state index contributed by atoms with van der Waals surface area (Å²) in [5.74, 6) is 0.871. The van der Waals surface area contributed by atoms with Crippen LogP contribution in [0.2, 0.25) is 0 Å². The van der Waals surface area contributed by atoms with Crippen LogP contribution in [0.1, 0.15) is 31.7 Å². The minimum atomic E-state index is 0.470. The predicted molar refractivity (Wildman–Crippen MR) is 74.8 cm³/mol. The highest BCUT2D eigenvalue weighted by Gasteiger charge is 2.06. The van der Waals surface area contributed by atoms with Gasteiger partial charge in [-0.25, -0.2) is 0 Å². The van der Waals surface area contributed by atoms with Crippen LogP contribution in [0.25, 0.3) is 0 Å². The Balaban J connectivity index is 2.54. The number of hydrogen-bond donors (Lipinski definition) is 1. The Bertz CT molecular complexity index is 355. The van der Waals surface area contributed by atoms with Gasteiger partial charge in [-0.3, -0.25) is 4.98 Å². The number of alkyl halides is 1. The minimum absolute atomic E-state index is 0.470. The first-order valence-electron chi connectivity index (χ1n) is 5.90. The first kappa shape index (κ1) is 14.5. The molecule has 0 spiro atoms. The van der Waals surface area contributed by atoms with E-state index in [1.54, 1.807) is 7.11 Å². The van der Waals surface area contributed by atoms with Gasteiger partial charge < -0.3 is 10.1 Å². The van der Waals surface area contributed by atoms with Crippen LogP contribution in [0, 0.1) is 6.92 Å². The van der Waals surface area contributed by atoms with Crippen molar-refractivity contribution in [3.8, 4) is 5.75 Å². The molecule has 3 nitrogen and oxygen atoms in total. The van der Waals surface area contributed by atoms with E-state index in [2.05, 4.69) is 40.1 Å². The summed E-state index contributed by atoms with van der Waals surface area (Å²) in [4.78, 5) is 5.01. The number of pyridine rings is 1. The molecule has 0 aliphatic carbocycles. The van der Waals surface area contributed by atoms with Crippen LogP contribution in [0.15, 0.2) is 12.1 Å². The van der Waals surface area contributed by atoms with Crippen LogP contribution in [0.4, 0.5) is 0 Å². The molecule has 4 heteroatoms. The number of methoxy groups -OCH3 is 1. The molecular weight excluding hydrogens is 280 g/mol. The summed E-state index contributed by atoms with van der Waals surface area (Å²) >= 11 is 3.56. The van der Waals surface area contributed by atoms with Crippen molar-refractivity contribution < 1.29 is 4.74 Å². The Labute approximate surface area is 112 Å². The fraction of sp³-hybridized carbons (Fsp3) is 0.615. The highest BCUT2D eigenvalue weighted by atomic mass is 79.9. The number of aryl methyl sites for hydroxylation is 1. The Morgan fingerprint density at radius 3 is 2.71 bits per heavy atom. The zero-order valence-corrected chi connectivity index (χ0v) is 12.5. The quantitative estimate of drug-likeness (QED) is 0.820. The summed E-state index contributed by atoms with van der Waals surface area (Å²) in [6.45, 7) is 7.10. The SMILES string of the molecule is COc1cc(C)nc(CNC(C)CC(C)Br)c1. The molecule has 1 N–H and O–H groups in total. The molecule has 0 fully saturated rings. The Kier molecular flexibility index (Phi) is 5.92. The monoisotopic (exact) mass is 300 g/mol. The number of halogens is 1. The van der Waals surface area contributed by atoms with Gasteiger partial charge in [-0.15, -0.1) is 0 Å². The summed E-state index contributed by atoms with van der Waals surface area (Å²) in [6, 6.07) is 4.38. The van der Waals surface area contributed by atoms with E-state index >= 15 is 0 Å². The third kappa shape index (κ3) is 5.50. The largest absolute Gasteiger partial charge is 0.497 e. The minimum Gasteiger partial charge on any atom is -0.497 e. The van der Waals surface area contributed by atoms with E-state index in [0.717, 1.165) is 30.1 Å². The number of ether oxygens (including phenoxy) is 1. The first-order chi connectivity index (χ1) is 8.01. The summed E-state index contributed by atoms with van der Waals surface area (Å²) in [6.07, 6.45) is 1.10. The number of nitrogens with zero attached hydrogens (tertiary/aromatic N) is 1. The Morgan fingerprint density at radius 1 is 1.41 bits per heavy atom. The smallest absolute Gasteiger partial charge is 0.122 e. The molecule has 0 aliphatic rings. The van der Waals surface area contributed by atoms with E-state index in [1.165, 1.54) is 0 Å². The summed E-state index contributed by atoms with van der Waals surface area (Å²) in [5, 5.41) is 3.46. The molecule has 2 unspecified atom stereocenters. The van der Waals surface area contributed by atoms with Crippen molar-refractivity contribution in [2.75, 3.05) is 7.11 Å². The van der Waals surface area contributed by atoms with Crippen molar-refractivity contribution in [2.45, 2.75) is 44.6 Å². The number of rotatable bonds is 6. The zero-order chi connectivity index (χ0) is 12.8. The zero-order valence-electron chi connectivity index (χ0n) is 11.0. The molecule has 1 aromatic rings. The van der Waals surface area contributed by atoms with Gasteiger partial charge in [-0.05, 0) is 20.3 Å². The molecule has 0 bridgehead atoms. The molecule has 1 aromatic heterocycles. The van der Waals surface area contributed by atoms with Gasteiger partial charge in [0.15, 0.2) is 0 Å². The molecule has 0 saturated carbocycles. The average Bonchev–Trinajstić information content (AvgIpc) is 2.24. The number of hydrogen-bond acceptors (Lipinski definition) is 3. The Morgan fingerprint density at radius 2 is 2.12 bits per heavy atom. The van der Waals surface area contributed by atoms with E-state index < -0.39 is 0 Å². The number of nitrogens with one attached hydrogen (secondary N) is 1. The summed E-state index contributed by atoms with van der Waals surface area (Å²) in [7, 11) is 1.68. The maximum absolute atomic E-state index is 5.23. The highest BCUT2D eigenvalue weighted by Crippen LogP contribution is 2.13. The van der Waals surface area contributed by atoms with Crippen molar-refractivity contribution in [1.29, 1.82) is 0 Å². The van der Waals surface area contributed by atoms with Gasteiger partial charge in [0.05, 0.1) is 12.8 Å². The topological polar surface area (TPSA) is 34.1 Å². The van der Waals surface area contributed by atoms with Gasteiger partial charge in [0, 0.05) is 35.2 Å². The second-order valence-corrected chi connectivity index (χ2v) is 6.00. The lowest BCUT2D eigenvalue weighted by molar-refractivity contribution is 0.412. The normalized spacial score (nSPS) is 14.4. The summed E-state index contributed by atoms with van der Waals surface area (Å²) < 4.78 is 5.23. The lowest BCUT2D eigenvalue weighted by Crippen LogP contribution is -2.27. The Hall–Kier alpha value is -0.610. The van der Waals surface area contributed by atoms with Gasteiger partial charge in [0.25, 0.3) is 0 Å². The van der Waals surface area contributed by atoms with Crippen molar-refractivity contribution in [3.05, 3.63) is 23.5 Å². The van der Waals surface area contributed by atoms with Crippen LogP contribution in [0.5, 0.6) is 5.75 Å². The van der Waals surface area contributed by atoms with Gasteiger partial charge >= 0.3 is 0 Å². The molecular formula is C13H21BrN2O. The molecule has 1 rings (SSSR count). The molecule has 2 atom stereocenters. The predicted octanol–water partition coefficient (Wildman–Crippen LogP) is 3.05. The second-order valence-electron chi connectivity index (χ2n) is 4.44. The molecule has 0 aromatic carbocycles. The standard InChI is InChI=1S/C13H21BrN2O/c1-9(14)5-10(2)15-8-12-7-13(17-4)6-11(3)16-12/h6-7,9-10,15H,5,8H2,1-4H3. The highest BCUT2D eigenvalue weighted by molar-refractivity contribution is 9.09. The lowest BCUT2D eigenvalue weighted by Gasteiger charge is -2.15. The van der Waals surface area contributed by atoms with Crippen molar-refractivity contribution in [1.82, 2.24) is 10.3 Å². The average molecular weight is 301 g/mol. The van der Waals surface area contributed by atoms with Crippen LogP contribution in [-0.2, 0) is 6.54 Å². The third-order valence-electron chi connectivity index (χ3n) is 2.53. The second kappa shape index (κ2) is 6.97. The fourth-order valence-electron chi connectivity index (χ4n) is 1.76. The van der Waals surface area contributed by atoms with E-state index in [1.807, 2.05) is 19.1 Å². The summed E-state index contributed by atoms with van der Waals surface area (Å²) in [5.41, 5.74) is 2.01. The van der Waals surface area contributed by atoms with Crippen molar-refractivity contribution in [3.63, 3.8) is 0 Å². The maximum Gasteiger partial charge on any atom is 0.122 e. The van der Waals surface area contributed by atoms with Crippen molar-refractivity contribution in [2.24, 2.45) is 0 Å². The van der Waals surface area contributed by atoms with E-state index in [0.29, 0.717) is 10.9 Å². The van der Waals surface area contributed by atoms with Crippen LogP contribution >= 0.6 is 15.9 Å². The van der Waals surface area contributed by atoms with Crippen LogP contribution in [0.3, 0.4) is 0 Å². The molecule has 17 heavy (non-hydrogen) atoms. The fourth-order valence-corrected chi connectivity index (χ4v) is 2.32. The lowest BCUT2D eigenvalue weighted by atomic mass is 10.2. The van der Waals surface area contributed by atoms with Crippen molar-refractivity contribution >= 4 is 15.9 Å². The molecule has 1 heterocycles. The van der Waals surface area contributed by atoms with Gasteiger partial charge in [-0.1, -0.05) is 22.9 Å². The number of aromatic nitrogens is 1. The van der Waals surface area contributed by atoms with Gasteiger partial charge in [0.1, 0.15) is 5.75 Å². The molecule has 0 radical (unpaired) electrons. The maximum atomic E-state index is 5.23. The van der Waals surface area contributed by atoms with Gasteiger partial charge in [-0.2, -0.15) is 0 Å². The molecule has 0 aliphatic heterocycles.